The molecule has 0 aliphatic heterocycles. The lowest BCUT2D eigenvalue weighted by Gasteiger charge is -2.19. The molecule has 0 aliphatic carbocycles. The summed E-state index contributed by atoms with van der Waals surface area (Å²) < 4.78 is 51.0. The summed E-state index contributed by atoms with van der Waals surface area (Å²) in [6.45, 7) is -0.375. The fraction of sp³-hybridized carbons (Fsp3) is 0.200. The molecular weight excluding hydrogens is 286 g/mol. The number of alkyl halides is 3. The Labute approximate surface area is 119 Å². The maximum Gasteiger partial charge on any atom is 0.416 e. The average molecular weight is 299 g/mol. The molecule has 2 rings (SSSR count). The van der Waals surface area contributed by atoms with Crippen molar-refractivity contribution < 1.29 is 22.7 Å². The van der Waals surface area contributed by atoms with Gasteiger partial charge in [0.25, 0.3) is 0 Å². The van der Waals surface area contributed by atoms with Gasteiger partial charge in [0.2, 0.25) is 0 Å². The van der Waals surface area contributed by atoms with Crippen LogP contribution in [0.5, 0.6) is 0 Å². The first kappa shape index (κ1) is 15.3. The Morgan fingerprint density at radius 2 is 1.62 bits per heavy atom. The van der Waals surface area contributed by atoms with Gasteiger partial charge in [-0.25, -0.2) is 4.39 Å². The largest absolute Gasteiger partial charge is 0.416 e. The van der Waals surface area contributed by atoms with Crippen LogP contribution in [0.4, 0.5) is 23.2 Å². The van der Waals surface area contributed by atoms with E-state index in [-0.39, 0.29) is 12.3 Å². The van der Waals surface area contributed by atoms with Gasteiger partial charge in [0.05, 0.1) is 23.9 Å². The number of hydrogen-bond donors (Lipinski definition) is 2. The number of benzene rings is 2. The van der Waals surface area contributed by atoms with Gasteiger partial charge in [-0.05, 0) is 29.8 Å². The molecule has 1 atom stereocenters. The van der Waals surface area contributed by atoms with Gasteiger partial charge >= 0.3 is 6.18 Å². The van der Waals surface area contributed by atoms with Crippen molar-refractivity contribution in [1.29, 1.82) is 0 Å². The third-order valence-corrected chi connectivity index (χ3v) is 3.03. The van der Waals surface area contributed by atoms with Crippen LogP contribution in [0.3, 0.4) is 0 Å². The van der Waals surface area contributed by atoms with E-state index >= 15 is 0 Å². The van der Waals surface area contributed by atoms with Crippen molar-refractivity contribution in [3.05, 3.63) is 65.5 Å². The van der Waals surface area contributed by atoms with Crippen molar-refractivity contribution in [2.75, 3.05) is 11.9 Å². The van der Waals surface area contributed by atoms with Gasteiger partial charge in [-0.1, -0.05) is 24.3 Å². The van der Waals surface area contributed by atoms with Gasteiger partial charge < -0.3 is 10.4 Å². The van der Waals surface area contributed by atoms with Gasteiger partial charge in [0, 0.05) is 0 Å². The highest BCUT2D eigenvalue weighted by Crippen LogP contribution is 2.30. The normalized spacial score (nSPS) is 13.0. The molecule has 0 radical (unpaired) electrons. The molecule has 0 fully saturated rings. The summed E-state index contributed by atoms with van der Waals surface area (Å²) in [5.74, 6) is -0.497. The zero-order chi connectivity index (χ0) is 15.5. The second-order valence-electron chi connectivity index (χ2n) is 4.48. The Hall–Kier alpha value is -2.08. The van der Waals surface area contributed by atoms with E-state index in [1.165, 1.54) is 30.3 Å². The van der Waals surface area contributed by atoms with Gasteiger partial charge in [0.15, 0.2) is 0 Å². The van der Waals surface area contributed by atoms with Crippen molar-refractivity contribution in [2.45, 2.75) is 12.2 Å². The van der Waals surface area contributed by atoms with Crippen LogP contribution in [0, 0.1) is 5.82 Å². The number of anilines is 1. The molecule has 0 saturated heterocycles. The van der Waals surface area contributed by atoms with Crippen molar-refractivity contribution >= 4 is 5.69 Å². The van der Waals surface area contributed by atoms with Crippen LogP contribution in [0.25, 0.3) is 0 Å². The molecule has 0 aromatic heterocycles. The lowest BCUT2D eigenvalue weighted by atomic mass is 10.0. The van der Waals surface area contributed by atoms with Crippen molar-refractivity contribution in [3.63, 3.8) is 0 Å². The van der Waals surface area contributed by atoms with E-state index in [0.29, 0.717) is 5.56 Å². The van der Waals surface area contributed by atoms with Crippen LogP contribution in [-0.2, 0) is 6.18 Å². The van der Waals surface area contributed by atoms with E-state index < -0.39 is 23.6 Å². The molecule has 21 heavy (non-hydrogen) atoms. The van der Waals surface area contributed by atoms with E-state index in [1.54, 1.807) is 6.07 Å². The molecule has 1 unspecified atom stereocenters. The fourth-order valence-corrected chi connectivity index (χ4v) is 1.90. The van der Waals surface area contributed by atoms with Gasteiger partial charge in [0.1, 0.15) is 5.82 Å². The number of para-hydroxylation sites is 1. The number of halogens is 4. The molecule has 2 nitrogen and oxygen atoms in total. The van der Waals surface area contributed by atoms with E-state index in [9.17, 15) is 22.7 Å². The predicted molar refractivity (Wildman–Crippen MR) is 71.3 cm³/mol. The lowest BCUT2D eigenvalue weighted by Crippen LogP contribution is -2.16. The Morgan fingerprint density at radius 1 is 1.00 bits per heavy atom. The summed E-state index contributed by atoms with van der Waals surface area (Å²) >= 11 is 0. The summed E-state index contributed by atoms with van der Waals surface area (Å²) in [5.41, 5.74) is -0.154. The van der Waals surface area contributed by atoms with Crippen molar-refractivity contribution in [1.82, 2.24) is 0 Å². The van der Waals surface area contributed by atoms with Gasteiger partial charge in [-0.2, -0.15) is 13.2 Å². The smallest absolute Gasteiger partial charge is 0.394 e. The van der Waals surface area contributed by atoms with Crippen LogP contribution >= 0.6 is 0 Å². The standard InChI is InChI=1S/C15H13F4NO/c16-12-3-1-2-4-13(12)20-14(9-21)10-5-7-11(8-6-10)15(17,18)19/h1-8,14,20-21H,9H2. The second-order valence-corrected chi connectivity index (χ2v) is 4.48. The van der Waals surface area contributed by atoms with Gasteiger partial charge in [-0.15, -0.1) is 0 Å². The maximum atomic E-state index is 13.5. The van der Waals surface area contributed by atoms with Gasteiger partial charge in [-0.3, -0.25) is 0 Å². The molecule has 2 N–H and O–H groups in total. The maximum absolute atomic E-state index is 13.5. The summed E-state index contributed by atoms with van der Waals surface area (Å²) in [4.78, 5) is 0. The summed E-state index contributed by atoms with van der Waals surface area (Å²) in [6.07, 6.45) is -4.41. The molecule has 0 amide bonds. The fourth-order valence-electron chi connectivity index (χ4n) is 1.90. The monoisotopic (exact) mass is 299 g/mol. The second kappa shape index (κ2) is 6.13. The first-order valence-electron chi connectivity index (χ1n) is 6.21. The molecule has 6 heteroatoms. The number of nitrogens with one attached hydrogen (secondary N) is 1. The lowest BCUT2D eigenvalue weighted by molar-refractivity contribution is -0.137. The highest BCUT2D eigenvalue weighted by Gasteiger charge is 2.30. The van der Waals surface area contributed by atoms with E-state index in [1.807, 2.05) is 0 Å². The Balaban J connectivity index is 2.20. The molecular formula is C15H13F4NO. The molecule has 2 aromatic carbocycles. The van der Waals surface area contributed by atoms with Crippen LogP contribution in [0.15, 0.2) is 48.5 Å². The molecule has 2 aromatic rings. The predicted octanol–water partition coefficient (Wildman–Crippen LogP) is 3.99. The highest BCUT2D eigenvalue weighted by atomic mass is 19.4. The van der Waals surface area contributed by atoms with Crippen molar-refractivity contribution in [3.8, 4) is 0 Å². The molecule has 0 heterocycles. The number of rotatable bonds is 4. The minimum absolute atomic E-state index is 0.177. The summed E-state index contributed by atoms with van der Waals surface area (Å²) in [7, 11) is 0. The molecule has 0 bridgehead atoms. The average Bonchev–Trinajstić information content (AvgIpc) is 2.46. The third kappa shape index (κ3) is 3.72. The molecule has 0 spiro atoms. The summed E-state index contributed by atoms with van der Waals surface area (Å²) in [5, 5.41) is 12.1. The SMILES string of the molecule is OCC(Nc1ccccc1F)c1ccc(C(F)(F)F)cc1. The minimum Gasteiger partial charge on any atom is -0.394 e. The van der Waals surface area contributed by atoms with Crippen LogP contribution in [0.2, 0.25) is 0 Å². The van der Waals surface area contributed by atoms with Crippen LogP contribution < -0.4 is 5.32 Å². The van der Waals surface area contributed by atoms with E-state index in [2.05, 4.69) is 5.32 Å². The highest BCUT2D eigenvalue weighted by molar-refractivity contribution is 5.47. The number of hydrogen-bond acceptors (Lipinski definition) is 2. The quantitative estimate of drug-likeness (QED) is 0.837. The zero-order valence-electron chi connectivity index (χ0n) is 10.9. The third-order valence-electron chi connectivity index (χ3n) is 3.03. The topological polar surface area (TPSA) is 32.3 Å². The Kier molecular flexibility index (Phi) is 4.47. The Morgan fingerprint density at radius 3 is 2.14 bits per heavy atom. The van der Waals surface area contributed by atoms with Crippen LogP contribution in [-0.4, -0.2) is 11.7 Å². The first-order valence-corrected chi connectivity index (χ1v) is 6.21. The summed E-state index contributed by atoms with van der Waals surface area (Å²) in [6, 6.07) is 9.58. The first-order chi connectivity index (χ1) is 9.91. The van der Waals surface area contributed by atoms with Crippen LogP contribution in [0.1, 0.15) is 17.2 Å². The number of aliphatic hydroxyl groups is 1. The van der Waals surface area contributed by atoms with E-state index in [0.717, 1.165) is 12.1 Å². The zero-order valence-corrected chi connectivity index (χ0v) is 10.9. The molecule has 112 valence electrons. The van der Waals surface area contributed by atoms with Crippen molar-refractivity contribution in [2.24, 2.45) is 0 Å². The number of aliphatic hydroxyl groups excluding tert-OH is 1. The minimum atomic E-state index is -4.41. The Bertz CT molecular complexity index is 595. The van der Waals surface area contributed by atoms with E-state index in [4.69, 9.17) is 0 Å². The molecule has 0 saturated carbocycles. The molecule has 0 aliphatic rings.